The fourth-order valence-electron chi connectivity index (χ4n) is 1.39. The van der Waals surface area contributed by atoms with Crippen LogP contribution >= 0.6 is 50.5 Å². The largest absolute Gasteiger partial charge is 0.497 e. The average molecular weight is 431 g/mol. The summed E-state index contributed by atoms with van der Waals surface area (Å²) < 4.78 is 20.7. The Kier molecular flexibility index (Phi) is 13.2. The van der Waals surface area contributed by atoms with E-state index in [1.807, 2.05) is 0 Å². The smallest absolute Gasteiger partial charge is 0.315 e. The predicted molar refractivity (Wildman–Crippen MR) is 106 cm³/mol. The van der Waals surface area contributed by atoms with Crippen LogP contribution in [0, 0.1) is 5.41 Å². The first-order valence-electron chi connectivity index (χ1n) is 7.03. The van der Waals surface area contributed by atoms with Crippen molar-refractivity contribution in [3.8, 4) is 0 Å². The van der Waals surface area contributed by atoms with Gasteiger partial charge in [-0.2, -0.15) is 50.5 Å². The van der Waals surface area contributed by atoms with Gasteiger partial charge >= 0.3 is 17.9 Å². The van der Waals surface area contributed by atoms with Gasteiger partial charge in [-0.1, -0.05) is 6.58 Å². The highest BCUT2D eigenvalue weighted by Crippen LogP contribution is 2.22. The Morgan fingerprint density at radius 3 is 1.24 bits per heavy atom. The molecule has 0 unspecified atom stereocenters. The lowest BCUT2D eigenvalue weighted by Crippen LogP contribution is -2.43. The number of rotatable bonds is 13. The molecule has 0 N–H and O–H groups in total. The van der Waals surface area contributed by atoms with Crippen molar-refractivity contribution in [3.63, 3.8) is 0 Å². The van der Waals surface area contributed by atoms with Gasteiger partial charge in [0.2, 0.25) is 0 Å². The van der Waals surface area contributed by atoms with Crippen molar-refractivity contribution in [2.24, 2.45) is 5.41 Å². The maximum Gasteiger partial charge on any atom is 0.315 e. The summed E-state index contributed by atoms with van der Waals surface area (Å²) in [5.41, 5.74) is -1.12. The fraction of sp³-hybridized carbons (Fsp3) is 0.643. The Morgan fingerprint density at radius 2 is 0.960 bits per heavy atom. The highest BCUT2D eigenvalue weighted by atomic mass is 32.1. The maximum atomic E-state index is 11.4. The molecule has 0 aromatic rings. The first-order chi connectivity index (χ1) is 11.8. The third-order valence-corrected chi connectivity index (χ3v) is 3.89. The van der Waals surface area contributed by atoms with Gasteiger partial charge < -0.3 is 18.9 Å². The Balaban J connectivity index is 5.24. The molecule has 0 aliphatic carbocycles. The molecule has 0 saturated heterocycles. The quantitative estimate of drug-likeness (QED) is 0.149. The van der Waals surface area contributed by atoms with Crippen LogP contribution in [0.5, 0.6) is 0 Å². The van der Waals surface area contributed by atoms with E-state index in [2.05, 4.69) is 57.1 Å². The zero-order chi connectivity index (χ0) is 19.3. The van der Waals surface area contributed by atoms with Crippen molar-refractivity contribution in [1.82, 2.24) is 0 Å². The van der Waals surface area contributed by atoms with E-state index in [9.17, 15) is 14.4 Å². The molecule has 25 heavy (non-hydrogen) atoms. The van der Waals surface area contributed by atoms with E-state index >= 15 is 0 Å². The van der Waals surface area contributed by atoms with Gasteiger partial charge in [0.15, 0.2) is 0 Å². The number of carbonyl (C=O) groups is 3. The summed E-state index contributed by atoms with van der Waals surface area (Å²) in [5, 5.41) is 0. The van der Waals surface area contributed by atoms with Crippen LogP contribution in [-0.2, 0) is 33.3 Å². The number of thiol groups is 4. The molecule has 0 amide bonds. The third kappa shape index (κ3) is 10.8. The normalized spacial score (nSPS) is 10.7. The molecule has 0 aromatic carbocycles. The van der Waals surface area contributed by atoms with Gasteiger partial charge in [-0.3, -0.25) is 14.4 Å². The Bertz CT molecular complexity index is 385. The monoisotopic (exact) mass is 430 g/mol. The number of hydrogen-bond donors (Lipinski definition) is 4. The van der Waals surface area contributed by atoms with E-state index in [4.69, 9.17) is 18.9 Å². The zero-order valence-corrected chi connectivity index (χ0v) is 17.1. The van der Waals surface area contributed by atoms with Gasteiger partial charge in [-0.05, 0) is 0 Å². The lowest BCUT2D eigenvalue weighted by Gasteiger charge is -2.32. The molecule has 0 fully saturated rings. The second-order valence-corrected chi connectivity index (χ2v) is 6.21. The topological polar surface area (TPSA) is 88.1 Å². The van der Waals surface area contributed by atoms with Crippen molar-refractivity contribution >= 4 is 68.4 Å². The molecule has 11 heteroatoms. The predicted octanol–water partition coefficient (Wildman–Crippen LogP) is 0.852. The minimum Gasteiger partial charge on any atom is -0.497 e. The number of esters is 3. The summed E-state index contributed by atoms with van der Waals surface area (Å²) in [6.07, 6.45) is 0. The molecule has 0 spiro atoms. The molecule has 0 aliphatic rings. The Hall–Kier alpha value is -0.650. The van der Waals surface area contributed by atoms with Crippen LogP contribution in [0.25, 0.3) is 0 Å². The van der Waals surface area contributed by atoms with E-state index in [0.29, 0.717) is 5.76 Å². The SMILES string of the molecule is C=C(CS)OCC(COC(=O)CS)(COC(=O)CS)COC(=O)CS. The van der Waals surface area contributed by atoms with Gasteiger partial charge in [0.05, 0.1) is 23.0 Å². The number of ether oxygens (including phenoxy) is 4. The van der Waals surface area contributed by atoms with Crippen LogP contribution in [-0.4, -0.2) is 67.3 Å². The highest BCUT2D eigenvalue weighted by molar-refractivity contribution is 7.81. The van der Waals surface area contributed by atoms with Crippen molar-refractivity contribution < 1.29 is 33.3 Å². The van der Waals surface area contributed by atoms with E-state index in [1.54, 1.807) is 0 Å². The molecule has 7 nitrogen and oxygen atoms in total. The van der Waals surface area contributed by atoms with Gasteiger partial charge in [0.1, 0.15) is 31.8 Å². The Morgan fingerprint density at radius 1 is 0.640 bits per heavy atom. The molecule has 0 aliphatic heterocycles. The summed E-state index contributed by atoms with van der Waals surface area (Å²) in [7, 11) is 0. The van der Waals surface area contributed by atoms with Crippen molar-refractivity contribution in [1.29, 1.82) is 0 Å². The maximum absolute atomic E-state index is 11.4. The van der Waals surface area contributed by atoms with Gasteiger partial charge in [0.25, 0.3) is 0 Å². The molecule has 0 rings (SSSR count). The molecule has 0 bridgehead atoms. The summed E-state index contributed by atoms with van der Waals surface area (Å²) in [6, 6.07) is 0. The molecular weight excluding hydrogens is 408 g/mol. The van der Waals surface area contributed by atoms with Gasteiger partial charge in [0, 0.05) is 5.75 Å². The van der Waals surface area contributed by atoms with Crippen LogP contribution in [0.4, 0.5) is 0 Å². The second-order valence-electron chi connectivity index (χ2n) is 4.94. The molecule has 144 valence electrons. The van der Waals surface area contributed by atoms with Crippen molar-refractivity contribution in [3.05, 3.63) is 12.3 Å². The average Bonchev–Trinajstić information content (AvgIpc) is 2.65. The summed E-state index contributed by atoms with van der Waals surface area (Å²) in [4.78, 5) is 34.3. The zero-order valence-electron chi connectivity index (χ0n) is 13.5. The van der Waals surface area contributed by atoms with Crippen LogP contribution in [0.1, 0.15) is 0 Å². The lowest BCUT2D eigenvalue weighted by atomic mass is 9.92. The number of carbonyl (C=O) groups excluding carboxylic acids is 3. The summed E-state index contributed by atoms with van der Waals surface area (Å²) in [5.74, 6) is -1.52. The molecule has 0 aromatic heterocycles. The summed E-state index contributed by atoms with van der Waals surface area (Å²) >= 11 is 15.5. The van der Waals surface area contributed by atoms with Crippen LogP contribution < -0.4 is 0 Å². The standard InChI is InChI=1S/C14H22O7S4/c1-10(2-22)18-6-14(7-19-11(15)3-23,8-20-12(16)4-24)9-21-13(17)5-25/h22-25H,1-9H2. The molecular formula is C14H22O7S4. The van der Waals surface area contributed by atoms with E-state index in [-0.39, 0.29) is 49.4 Å². The first-order valence-corrected chi connectivity index (χ1v) is 9.56. The lowest BCUT2D eigenvalue weighted by molar-refractivity contribution is -0.162. The molecule has 0 heterocycles. The summed E-state index contributed by atoms with van der Waals surface area (Å²) in [6.45, 7) is 2.93. The Labute approximate surface area is 168 Å². The molecule has 0 radical (unpaired) electrons. The number of hydrogen-bond acceptors (Lipinski definition) is 11. The molecule has 0 atom stereocenters. The fourth-order valence-corrected chi connectivity index (χ4v) is 1.75. The van der Waals surface area contributed by atoms with Crippen LogP contribution in [0.2, 0.25) is 0 Å². The second kappa shape index (κ2) is 13.5. The van der Waals surface area contributed by atoms with Gasteiger partial charge in [-0.25, -0.2) is 0 Å². The highest BCUT2D eigenvalue weighted by Gasteiger charge is 2.37. The van der Waals surface area contributed by atoms with E-state index < -0.39 is 23.3 Å². The molecule has 0 saturated carbocycles. The minimum absolute atomic E-state index is 0.0774. The minimum atomic E-state index is -1.12. The van der Waals surface area contributed by atoms with E-state index in [1.165, 1.54) is 0 Å². The van der Waals surface area contributed by atoms with Crippen molar-refractivity contribution in [2.45, 2.75) is 0 Å². The van der Waals surface area contributed by atoms with Gasteiger partial charge in [-0.15, -0.1) is 0 Å². The first kappa shape index (κ1) is 24.4. The van der Waals surface area contributed by atoms with Crippen LogP contribution in [0.15, 0.2) is 12.3 Å². The third-order valence-electron chi connectivity index (χ3n) is 2.76. The van der Waals surface area contributed by atoms with Crippen molar-refractivity contribution in [2.75, 3.05) is 49.4 Å². The van der Waals surface area contributed by atoms with E-state index in [0.717, 1.165) is 0 Å². The van der Waals surface area contributed by atoms with Crippen LogP contribution in [0.3, 0.4) is 0 Å².